The summed E-state index contributed by atoms with van der Waals surface area (Å²) in [6, 6.07) is 5.65. The van der Waals surface area contributed by atoms with Crippen molar-refractivity contribution in [3.05, 3.63) is 23.8 Å². The summed E-state index contributed by atoms with van der Waals surface area (Å²) in [5.41, 5.74) is 2.00. The van der Waals surface area contributed by atoms with Crippen molar-refractivity contribution >= 4 is 11.7 Å². The van der Waals surface area contributed by atoms with Gasteiger partial charge in [-0.1, -0.05) is 6.07 Å². The third-order valence-corrected chi connectivity index (χ3v) is 3.04. The van der Waals surface area contributed by atoms with Crippen LogP contribution in [0, 0.1) is 6.92 Å². The number of rotatable bonds is 1. The second-order valence-corrected chi connectivity index (χ2v) is 4.20. The lowest BCUT2D eigenvalue weighted by atomic mass is 10.1. The first-order chi connectivity index (χ1) is 7.50. The number of carbonyl (C=O) groups is 1. The lowest BCUT2D eigenvalue weighted by molar-refractivity contribution is -0.146. The van der Waals surface area contributed by atoms with Crippen molar-refractivity contribution in [1.82, 2.24) is 0 Å². The zero-order valence-electron chi connectivity index (χ0n) is 9.60. The molecule has 2 atom stereocenters. The molecule has 4 heteroatoms. The van der Waals surface area contributed by atoms with Gasteiger partial charge >= 0.3 is 5.97 Å². The van der Waals surface area contributed by atoms with E-state index < -0.39 is 12.1 Å². The molecule has 1 aromatic rings. The predicted molar refractivity (Wildman–Crippen MR) is 61.1 cm³/mol. The maximum Gasteiger partial charge on any atom is 0.347 e. The molecule has 4 nitrogen and oxygen atoms in total. The fourth-order valence-electron chi connectivity index (χ4n) is 1.92. The first-order valence-electron chi connectivity index (χ1n) is 5.23. The van der Waals surface area contributed by atoms with Crippen LogP contribution in [0.15, 0.2) is 18.2 Å². The van der Waals surface area contributed by atoms with Crippen LogP contribution < -0.4 is 9.64 Å². The highest BCUT2D eigenvalue weighted by molar-refractivity contribution is 5.77. The minimum Gasteiger partial charge on any atom is -0.478 e. The normalized spacial score (nSPS) is 23.6. The van der Waals surface area contributed by atoms with Gasteiger partial charge in [0.15, 0.2) is 0 Å². The Labute approximate surface area is 94.4 Å². The monoisotopic (exact) mass is 221 g/mol. The molecule has 1 aliphatic rings. The molecular formula is C12H15NO3. The third kappa shape index (κ3) is 1.60. The van der Waals surface area contributed by atoms with Gasteiger partial charge in [-0.25, -0.2) is 4.79 Å². The summed E-state index contributed by atoms with van der Waals surface area (Å²) in [5.74, 6) is -0.278. The number of ether oxygens (including phenoxy) is 1. The highest BCUT2D eigenvalue weighted by Gasteiger charge is 2.35. The average molecular weight is 221 g/mol. The van der Waals surface area contributed by atoms with Crippen LogP contribution in [0.1, 0.15) is 12.5 Å². The lowest BCUT2D eigenvalue weighted by Crippen LogP contribution is -2.50. The van der Waals surface area contributed by atoms with Crippen molar-refractivity contribution in [1.29, 1.82) is 0 Å². The maximum absolute atomic E-state index is 11.1. The number of likely N-dealkylation sites (N-methyl/N-ethyl adjacent to an activating group) is 1. The molecule has 0 bridgehead atoms. The van der Waals surface area contributed by atoms with Gasteiger partial charge in [-0.05, 0) is 31.5 Å². The standard InChI is InChI=1S/C12H15NO3/c1-7-4-5-9-10(6-7)16-11(12(14)15)8(2)13(9)3/h4-6,8,11H,1-3H3,(H,14,15). The number of carboxylic acids is 1. The summed E-state index contributed by atoms with van der Waals surface area (Å²) < 4.78 is 5.52. The molecule has 1 aliphatic heterocycles. The van der Waals surface area contributed by atoms with Crippen molar-refractivity contribution in [3.8, 4) is 5.75 Å². The van der Waals surface area contributed by atoms with E-state index in [1.54, 1.807) is 0 Å². The highest BCUT2D eigenvalue weighted by atomic mass is 16.5. The zero-order chi connectivity index (χ0) is 11.9. The topological polar surface area (TPSA) is 49.8 Å². The van der Waals surface area contributed by atoms with Gasteiger partial charge in [0.25, 0.3) is 0 Å². The number of benzene rings is 1. The van der Waals surface area contributed by atoms with E-state index in [-0.39, 0.29) is 6.04 Å². The minimum absolute atomic E-state index is 0.173. The van der Waals surface area contributed by atoms with Gasteiger partial charge in [0, 0.05) is 7.05 Å². The van der Waals surface area contributed by atoms with Crippen molar-refractivity contribution in [2.24, 2.45) is 0 Å². The number of carboxylic acid groups (broad SMARTS) is 1. The van der Waals surface area contributed by atoms with Gasteiger partial charge in [0.05, 0.1) is 11.7 Å². The van der Waals surface area contributed by atoms with Crippen molar-refractivity contribution in [2.45, 2.75) is 26.0 Å². The van der Waals surface area contributed by atoms with Gasteiger partial charge in [0.1, 0.15) is 5.75 Å². The van der Waals surface area contributed by atoms with Crippen LogP contribution in [0.3, 0.4) is 0 Å². The van der Waals surface area contributed by atoms with Crippen LogP contribution in [-0.4, -0.2) is 30.3 Å². The van der Waals surface area contributed by atoms with Crippen LogP contribution in [0.5, 0.6) is 5.75 Å². The van der Waals surface area contributed by atoms with Gasteiger partial charge in [-0.15, -0.1) is 0 Å². The number of hydrogen-bond acceptors (Lipinski definition) is 3. The fraction of sp³-hybridized carbons (Fsp3) is 0.417. The minimum atomic E-state index is -0.925. The van der Waals surface area contributed by atoms with Gasteiger partial charge < -0.3 is 14.7 Å². The molecule has 0 saturated carbocycles. The van der Waals surface area contributed by atoms with E-state index in [1.807, 2.05) is 44.0 Å². The molecule has 2 rings (SSSR count). The number of aliphatic carboxylic acids is 1. The van der Waals surface area contributed by atoms with Crippen LogP contribution in [0.25, 0.3) is 0 Å². The second-order valence-electron chi connectivity index (χ2n) is 4.20. The van der Waals surface area contributed by atoms with E-state index in [0.717, 1.165) is 11.3 Å². The lowest BCUT2D eigenvalue weighted by Gasteiger charge is -2.37. The molecule has 0 fully saturated rings. The highest BCUT2D eigenvalue weighted by Crippen LogP contribution is 2.35. The SMILES string of the molecule is Cc1ccc2c(c1)OC(C(=O)O)C(C)N2C. The van der Waals surface area contributed by atoms with Gasteiger partial charge in [0.2, 0.25) is 6.10 Å². The molecule has 0 radical (unpaired) electrons. The van der Waals surface area contributed by atoms with E-state index in [9.17, 15) is 4.79 Å². The quantitative estimate of drug-likeness (QED) is 0.783. The molecule has 0 aliphatic carbocycles. The molecule has 0 amide bonds. The summed E-state index contributed by atoms with van der Waals surface area (Å²) in [7, 11) is 1.89. The fourth-order valence-corrected chi connectivity index (χ4v) is 1.92. The maximum atomic E-state index is 11.1. The Balaban J connectivity index is 2.44. The molecular weight excluding hydrogens is 206 g/mol. The van der Waals surface area contributed by atoms with Gasteiger partial charge in [-0.3, -0.25) is 0 Å². The summed E-state index contributed by atoms with van der Waals surface area (Å²) in [6.45, 7) is 3.80. The molecule has 0 aromatic heterocycles. The first-order valence-corrected chi connectivity index (χ1v) is 5.23. The van der Waals surface area contributed by atoms with Crippen LogP contribution in [-0.2, 0) is 4.79 Å². The molecule has 0 spiro atoms. The smallest absolute Gasteiger partial charge is 0.347 e. The summed E-state index contributed by atoms with van der Waals surface area (Å²) in [6.07, 6.45) is -0.806. The van der Waals surface area contributed by atoms with E-state index in [0.29, 0.717) is 5.75 Å². The molecule has 1 heterocycles. The van der Waals surface area contributed by atoms with E-state index in [1.165, 1.54) is 0 Å². The molecule has 86 valence electrons. The average Bonchev–Trinajstić information content (AvgIpc) is 2.22. The second kappa shape index (κ2) is 3.70. The number of hydrogen-bond donors (Lipinski definition) is 1. The Kier molecular flexibility index (Phi) is 2.50. The Morgan fingerprint density at radius 1 is 1.50 bits per heavy atom. The van der Waals surface area contributed by atoms with Crippen molar-refractivity contribution < 1.29 is 14.6 Å². The molecule has 1 N–H and O–H groups in total. The van der Waals surface area contributed by atoms with E-state index in [4.69, 9.17) is 9.84 Å². The zero-order valence-corrected chi connectivity index (χ0v) is 9.60. The number of nitrogens with zero attached hydrogens (tertiary/aromatic N) is 1. The summed E-state index contributed by atoms with van der Waals surface area (Å²) in [5, 5.41) is 9.07. The number of anilines is 1. The predicted octanol–water partition coefficient (Wildman–Crippen LogP) is 1.67. The van der Waals surface area contributed by atoms with E-state index in [2.05, 4.69) is 0 Å². The van der Waals surface area contributed by atoms with E-state index >= 15 is 0 Å². The Hall–Kier alpha value is -1.71. The largest absolute Gasteiger partial charge is 0.478 e. The molecule has 0 saturated heterocycles. The Morgan fingerprint density at radius 3 is 2.81 bits per heavy atom. The van der Waals surface area contributed by atoms with Crippen LogP contribution in [0.4, 0.5) is 5.69 Å². The number of aryl methyl sites for hydroxylation is 1. The van der Waals surface area contributed by atoms with Crippen molar-refractivity contribution in [2.75, 3.05) is 11.9 Å². The van der Waals surface area contributed by atoms with Crippen LogP contribution in [0.2, 0.25) is 0 Å². The molecule has 16 heavy (non-hydrogen) atoms. The summed E-state index contributed by atoms with van der Waals surface area (Å²) in [4.78, 5) is 13.0. The van der Waals surface area contributed by atoms with Crippen LogP contribution >= 0.6 is 0 Å². The Morgan fingerprint density at radius 2 is 2.19 bits per heavy atom. The molecule has 2 unspecified atom stereocenters. The van der Waals surface area contributed by atoms with Gasteiger partial charge in [-0.2, -0.15) is 0 Å². The first kappa shape index (κ1) is 10.8. The van der Waals surface area contributed by atoms with Crippen molar-refractivity contribution in [3.63, 3.8) is 0 Å². The molecule has 1 aromatic carbocycles. The third-order valence-electron chi connectivity index (χ3n) is 3.04. The summed E-state index contributed by atoms with van der Waals surface area (Å²) >= 11 is 0. The number of fused-ring (bicyclic) bond motifs is 1. The Bertz CT molecular complexity index is 430.